The van der Waals surface area contributed by atoms with E-state index >= 15 is 0 Å². The van der Waals surface area contributed by atoms with E-state index in [2.05, 4.69) is 10.2 Å². The van der Waals surface area contributed by atoms with Gasteiger partial charge < -0.3 is 5.73 Å². The molecule has 0 atom stereocenters. The van der Waals surface area contributed by atoms with E-state index in [0.717, 1.165) is 0 Å². The van der Waals surface area contributed by atoms with E-state index in [1.54, 1.807) is 31.2 Å². The van der Waals surface area contributed by atoms with Crippen molar-refractivity contribution >= 4 is 41.2 Å². The lowest BCUT2D eigenvalue weighted by molar-refractivity contribution is -0.137. The molecule has 0 fully saturated rings. The normalized spacial score (nSPS) is 10.9. The number of hydrogen-bond donors (Lipinski definition) is 2. The SMILES string of the molecule is Cc1nn(-c2cccc(Cl)c2)c(Cl)c1/C=N/NC(=O)C(N)=O. The summed E-state index contributed by atoms with van der Waals surface area (Å²) in [5.41, 5.74) is 8.53. The van der Waals surface area contributed by atoms with Crippen LogP contribution < -0.4 is 11.2 Å². The lowest BCUT2D eigenvalue weighted by atomic mass is 10.3. The number of primary amides is 1. The second kappa shape index (κ2) is 6.59. The molecule has 0 bridgehead atoms. The zero-order chi connectivity index (χ0) is 16.3. The number of hydrogen-bond acceptors (Lipinski definition) is 4. The summed E-state index contributed by atoms with van der Waals surface area (Å²) < 4.78 is 1.49. The van der Waals surface area contributed by atoms with E-state index in [1.165, 1.54) is 10.9 Å². The minimum Gasteiger partial charge on any atom is -0.361 e. The van der Waals surface area contributed by atoms with Crippen molar-refractivity contribution in [1.82, 2.24) is 15.2 Å². The van der Waals surface area contributed by atoms with Crippen LogP contribution in [0.3, 0.4) is 0 Å². The monoisotopic (exact) mass is 339 g/mol. The molecule has 0 spiro atoms. The van der Waals surface area contributed by atoms with Crippen molar-refractivity contribution in [3.63, 3.8) is 0 Å². The Kier molecular flexibility index (Phi) is 4.79. The van der Waals surface area contributed by atoms with Crippen LogP contribution in [0.25, 0.3) is 5.69 Å². The van der Waals surface area contributed by atoms with Crippen LogP contribution in [-0.4, -0.2) is 27.8 Å². The number of benzene rings is 1. The van der Waals surface area contributed by atoms with Crippen LogP contribution in [0.15, 0.2) is 29.4 Å². The molecule has 0 radical (unpaired) electrons. The van der Waals surface area contributed by atoms with Crippen molar-refractivity contribution in [2.45, 2.75) is 6.92 Å². The molecule has 3 N–H and O–H groups in total. The van der Waals surface area contributed by atoms with Gasteiger partial charge in [-0.05, 0) is 25.1 Å². The summed E-state index contributed by atoms with van der Waals surface area (Å²) in [4.78, 5) is 21.6. The van der Waals surface area contributed by atoms with Gasteiger partial charge in [0.15, 0.2) is 0 Å². The minimum atomic E-state index is -1.13. The molecule has 0 aliphatic rings. The summed E-state index contributed by atoms with van der Waals surface area (Å²) in [6.07, 6.45) is 1.28. The molecule has 22 heavy (non-hydrogen) atoms. The zero-order valence-corrected chi connectivity index (χ0v) is 12.9. The number of aryl methyl sites for hydroxylation is 1. The third-order valence-electron chi connectivity index (χ3n) is 2.68. The van der Waals surface area contributed by atoms with Crippen molar-refractivity contribution in [1.29, 1.82) is 0 Å². The van der Waals surface area contributed by atoms with Gasteiger partial charge in [0.05, 0.1) is 23.2 Å². The Labute approximate surface area is 135 Å². The van der Waals surface area contributed by atoms with Gasteiger partial charge in [0.2, 0.25) is 0 Å². The Bertz CT molecular complexity index is 770. The molecule has 9 heteroatoms. The zero-order valence-electron chi connectivity index (χ0n) is 11.4. The van der Waals surface area contributed by atoms with Gasteiger partial charge in [-0.25, -0.2) is 10.1 Å². The number of aromatic nitrogens is 2. The number of nitrogens with zero attached hydrogens (tertiary/aromatic N) is 3. The number of hydrazone groups is 1. The molecule has 114 valence electrons. The molecule has 2 aromatic rings. The van der Waals surface area contributed by atoms with Gasteiger partial charge in [0.25, 0.3) is 0 Å². The molecule has 7 nitrogen and oxygen atoms in total. The third-order valence-corrected chi connectivity index (χ3v) is 3.28. The summed E-state index contributed by atoms with van der Waals surface area (Å²) in [5, 5.41) is 8.74. The van der Waals surface area contributed by atoms with Gasteiger partial charge in [0, 0.05) is 5.02 Å². The lowest BCUT2D eigenvalue weighted by Gasteiger charge is -2.03. The highest BCUT2D eigenvalue weighted by atomic mass is 35.5. The number of nitrogens with one attached hydrogen (secondary N) is 1. The van der Waals surface area contributed by atoms with Gasteiger partial charge in [-0.1, -0.05) is 29.3 Å². The second-order valence-electron chi connectivity index (χ2n) is 4.24. The Hall–Kier alpha value is -2.38. The van der Waals surface area contributed by atoms with Crippen LogP contribution in [0.1, 0.15) is 11.3 Å². The summed E-state index contributed by atoms with van der Waals surface area (Å²) in [6.45, 7) is 1.73. The average Bonchev–Trinajstić information content (AvgIpc) is 2.75. The summed E-state index contributed by atoms with van der Waals surface area (Å²) in [6, 6.07) is 7.00. The maximum absolute atomic E-state index is 11.0. The highest BCUT2D eigenvalue weighted by Gasteiger charge is 2.14. The molecule has 2 rings (SSSR count). The van der Waals surface area contributed by atoms with Crippen LogP contribution in [0.5, 0.6) is 0 Å². The average molecular weight is 340 g/mol. The van der Waals surface area contributed by atoms with Gasteiger partial charge in [-0.15, -0.1) is 0 Å². The fourth-order valence-electron chi connectivity index (χ4n) is 1.65. The molecule has 0 saturated heterocycles. The van der Waals surface area contributed by atoms with Crippen molar-refractivity contribution in [2.24, 2.45) is 10.8 Å². The maximum Gasteiger partial charge on any atom is 0.329 e. The predicted octanol–water partition coefficient (Wildman–Crippen LogP) is 1.42. The van der Waals surface area contributed by atoms with Gasteiger partial charge in [-0.2, -0.15) is 10.2 Å². The first kappa shape index (κ1) is 16.0. The van der Waals surface area contributed by atoms with Gasteiger partial charge in [0.1, 0.15) is 5.15 Å². The minimum absolute atomic E-state index is 0.289. The van der Waals surface area contributed by atoms with Gasteiger partial charge in [-0.3, -0.25) is 9.59 Å². The predicted molar refractivity (Wildman–Crippen MR) is 83.3 cm³/mol. The molecule has 0 aliphatic carbocycles. The first-order chi connectivity index (χ1) is 10.4. The molecule has 1 aromatic carbocycles. The largest absolute Gasteiger partial charge is 0.361 e. The van der Waals surface area contributed by atoms with E-state index in [0.29, 0.717) is 22.0 Å². The van der Waals surface area contributed by atoms with Crippen molar-refractivity contribution in [2.75, 3.05) is 0 Å². The molecule has 0 unspecified atom stereocenters. The Balaban J connectivity index is 2.30. The highest BCUT2D eigenvalue weighted by Crippen LogP contribution is 2.23. The molecule has 1 aromatic heterocycles. The number of amides is 2. The molecule has 2 amide bonds. The van der Waals surface area contributed by atoms with E-state index in [-0.39, 0.29) is 5.15 Å². The van der Waals surface area contributed by atoms with Crippen LogP contribution in [-0.2, 0) is 9.59 Å². The molecular weight excluding hydrogens is 329 g/mol. The highest BCUT2D eigenvalue weighted by molar-refractivity contribution is 6.34. The first-order valence-corrected chi connectivity index (χ1v) is 6.79. The van der Waals surface area contributed by atoms with E-state index < -0.39 is 11.8 Å². The van der Waals surface area contributed by atoms with Crippen molar-refractivity contribution in [3.8, 4) is 5.69 Å². The maximum atomic E-state index is 11.0. The molecule has 0 aliphatic heterocycles. The van der Waals surface area contributed by atoms with Crippen LogP contribution >= 0.6 is 23.2 Å². The third kappa shape index (κ3) is 3.44. The summed E-state index contributed by atoms with van der Waals surface area (Å²) in [7, 11) is 0. The summed E-state index contributed by atoms with van der Waals surface area (Å²) >= 11 is 12.2. The van der Waals surface area contributed by atoms with Gasteiger partial charge >= 0.3 is 11.8 Å². The first-order valence-electron chi connectivity index (χ1n) is 6.04. The molecule has 0 saturated carbocycles. The quantitative estimate of drug-likeness (QED) is 0.502. The Morgan fingerprint density at radius 3 is 2.77 bits per heavy atom. The van der Waals surface area contributed by atoms with E-state index in [4.69, 9.17) is 28.9 Å². The summed E-state index contributed by atoms with van der Waals surface area (Å²) in [5.74, 6) is -2.15. The second-order valence-corrected chi connectivity index (χ2v) is 5.04. The smallest absolute Gasteiger partial charge is 0.329 e. The standard InChI is InChI=1S/C13H11Cl2N5O2/c1-7-10(6-17-18-13(22)12(16)21)11(15)20(19-7)9-4-2-3-8(14)5-9/h2-6H,1H3,(H2,16,21)(H,18,22)/b17-6+. The van der Waals surface area contributed by atoms with E-state index in [9.17, 15) is 9.59 Å². The number of halogens is 2. The molecule has 1 heterocycles. The van der Waals surface area contributed by atoms with Crippen LogP contribution in [0, 0.1) is 6.92 Å². The number of rotatable bonds is 3. The fraction of sp³-hybridized carbons (Fsp3) is 0.0769. The van der Waals surface area contributed by atoms with Crippen molar-refractivity contribution in [3.05, 3.63) is 45.7 Å². The Morgan fingerprint density at radius 2 is 2.14 bits per heavy atom. The van der Waals surface area contributed by atoms with E-state index in [1.807, 2.05) is 5.43 Å². The lowest BCUT2D eigenvalue weighted by Crippen LogP contribution is -2.32. The Morgan fingerprint density at radius 1 is 1.41 bits per heavy atom. The number of carbonyl (C=O) groups excluding carboxylic acids is 2. The molecular formula is C13H11Cl2N5O2. The number of carbonyl (C=O) groups is 2. The topological polar surface area (TPSA) is 102 Å². The fourth-order valence-corrected chi connectivity index (χ4v) is 2.15. The van der Waals surface area contributed by atoms with Crippen LogP contribution in [0.2, 0.25) is 10.2 Å². The van der Waals surface area contributed by atoms with Crippen LogP contribution in [0.4, 0.5) is 0 Å². The van der Waals surface area contributed by atoms with Crippen molar-refractivity contribution < 1.29 is 9.59 Å². The number of nitrogens with two attached hydrogens (primary N) is 1.